The molecular formula is C30H34FN5O5. The summed E-state index contributed by atoms with van der Waals surface area (Å²) < 4.78 is 19.6. The molecule has 10 nitrogen and oxygen atoms in total. The van der Waals surface area contributed by atoms with Crippen molar-refractivity contribution in [3.63, 3.8) is 0 Å². The van der Waals surface area contributed by atoms with Gasteiger partial charge < -0.3 is 35.6 Å². The zero-order valence-electron chi connectivity index (χ0n) is 23.1. The number of hydrogen-bond acceptors (Lipinski definition) is 5. The van der Waals surface area contributed by atoms with E-state index in [1.54, 1.807) is 55.3 Å². The van der Waals surface area contributed by atoms with Crippen molar-refractivity contribution in [1.29, 1.82) is 0 Å². The smallest absolute Gasteiger partial charge is 0.323 e. The van der Waals surface area contributed by atoms with Crippen molar-refractivity contribution in [2.24, 2.45) is 5.92 Å². The van der Waals surface area contributed by atoms with E-state index in [4.69, 9.17) is 4.74 Å². The molecule has 0 spiro atoms. The number of anilines is 3. The van der Waals surface area contributed by atoms with Gasteiger partial charge in [0.15, 0.2) is 0 Å². The van der Waals surface area contributed by atoms with Crippen molar-refractivity contribution in [2.45, 2.75) is 26.0 Å². The van der Waals surface area contributed by atoms with Gasteiger partial charge in [-0.2, -0.15) is 0 Å². The fourth-order valence-electron chi connectivity index (χ4n) is 4.44. The molecule has 0 unspecified atom stereocenters. The Hall–Kier alpha value is -4.64. The molecule has 4 rings (SSSR count). The highest BCUT2D eigenvalue weighted by Gasteiger charge is 2.34. The lowest BCUT2D eigenvalue weighted by Crippen LogP contribution is -2.50. The van der Waals surface area contributed by atoms with Gasteiger partial charge in [0, 0.05) is 36.6 Å². The first-order valence-electron chi connectivity index (χ1n) is 13.3. The Morgan fingerprint density at radius 3 is 2.34 bits per heavy atom. The van der Waals surface area contributed by atoms with Gasteiger partial charge in [-0.05, 0) is 61.5 Å². The third-order valence-corrected chi connectivity index (χ3v) is 6.85. The number of ether oxygens (including phenoxy) is 1. The molecule has 0 fully saturated rings. The first-order valence-corrected chi connectivity index (χ1v) is 13.3. The lowest BCUT2D eigenvalue weighted by atomic mass is 9.99. The summed E-state index contributed by atoms with van der Waals surface area (Å²) in [6.45, 7) is 3.87. The largest absolute Gasteiger partial charge is 0.487 e. The van der Waals surface area contributed by atoms with Crippen molar-refractivity contribution in [1.82, 2.24) is 9.80 Å². The Morgan fingerprint density at radius 1 is 1.02 bits per heavy atom. The number of aliphatic hydroxyl groups is 1. The number of carbonyl (C=O) groups excluding carboxylic acids is 3. The molecule has 216 valence electrons. The fraction of sp³-hybridized carbons (Fsp3) is 0.300. The fourth-order valence-corrected chi connectivity index (χ4v) is 4.44. The van der Waals surface area contributed by atoms with Crippen molar-refractivity contribution >= 4 is 35.0 Å². The third kappa shape index (κ3) is 7.52. The van der Waals surface area contributed by atoms with E-state index >= 15 is 0 Å². The van der Waals surface area contributed by atoms with Crippen molar-refractivity contribution in [2.75, 3.05) is 42.7 Å². The number of amides is 5. The van der Waals surface area contributed by atoms with Crippen LogP contribution in [0, 0.1) is 11.7 Å². The summed E-state index contributed by atoms with van der Waals surface area (Å²) in [6.07, 6.45) is -0.514. The molecule has 1 aliphatic rings. The van der Waals surface area contributed by atoms with Gasteiger partial charge in [0.2, 0.25) is 0 Å². The summed E-state index contributed by atoms with van der Waals surface area (Å²) in [4.78, 5) is 42.1. The average Bonchev–Trinajstić information content (AvgIpc) is 2.96. The van der Waals surface area contributed by atoms with Crippen LogP contribution in [0.4, 0.5) is 31.0 Å². The van der Waals surface area contributed by atoms with E-state index in [9.17, 15) is 23.9 Å². The minimum Gasteiger partial charge on any atom is -0.487 e. The quantitative estimate of drug-likeness (QED) is 0.327. The molecule has 41 heavy (non-hydrogen) atoms. The lowest BCUT2D eigenvalue weighted by molar-refractivity contribution is 0.0371. The summed E-state index contributed by atoms with van der Waals surface area (Å²) >= 11 is 0. The minimum atomic E-state index is -0.514. The van der Waals surface area contributed by atoms with E-state index in [1.165, 1.54) is 35.2 Å². The normalized spacial score (nSPS) is 17.3. The highest BCUT2D eigenvalue weighted by molar-refractivity contribution is 6.02. The number of carbonyl (C=O) groups is 3. The molecule has 0 bridgehead atoms. The summed E-state index contributed by atoms with van der Waals surface area (Å²) in [7, 11) is 1.62. The van der Waals surface area contributed by atoms with Gasteiger partial charge in [0.05, 0.1) is 24.8 Å². The van der Waals surface area contributed by atoms with Gasteiger partial charge >= 0.3 is 12.1 Å². The number of halogens is 1. The number of nitrogens with zero attached hydrogens (tertiary/aromatic N) is 2. The Morgan fingerprint density at radius 2 is 1.66 bits per heavy atom. The maximum absolute atomic E-state index is 13.6. The number of hydrogen-bond donors (Lipinski definition) is 4. The zero-order valence-corrected chi connectivity index (χ0v) is 23.1. The molecule has 11 heteroatoms. The average molecular weight is 564 g/mol. The summed E-state index contributed by atoms with van der Waals surface area (Å²) in [5.74, 6) is -0.667. The van der Waals surface area contributed by atoms with Crippen molar-refractivity contribution in [3.8, 4) is 5.75 Å². The SMILES string of the molecule is C[C@H](CO)N1C[C@H](C)[C@H](CN(C)C(=O)Nc2ccc(F)cc2)Oc2ccc(NC(=O)Nc3ccccc3)cc2C1=O. The van der Waals surface area contributed by atoms with E-state index in [0.717, 1.165) is 0 Å². The highest BCUT2D eigenvalue weighted by atomic mass is 19.1. The van der Waals surface area contributed by atoms with Crippen LogP contribution >= 0.6 is 0 Å². The van der Waals surface area contributed by atoms with Gasteiger partial charge in [-0.25, -0.2) is 14.0 Å². The standard InChI is InChI=1S/C30H34FN5O5/c1-19-16-36(20(2)18-37)28(38)25-15-24(33-29(39)32-22-7-5-4-6-8-22)13-14-26(25)41-27(19)17-35(3)30(40)34-23-11-9-21(31)10-12-23/h4-15,19-20,27,37H,16-18H2,1-3H3,(H,34,40)(H2,32,33,39)/t19-,20+,27-/m0/s1. The van der Waals surface area contributed by atoms with Crippen LogP contribution in [0.3, 0.4) is 0 Å². The molecule has 1 aliphatic heterocycles. The number of para-hydroxylation sites is 1. The number of fused-ring (bicyclic) bond motifs is 1. The molecule has 0 aromatic heterocycles. The number of nitrogens with one attached hydrogen (secondary N) is 3. The predicted molar refractivity (Wildman–Crippen MR) is 155 cm³/mol. The molecular weight excluding hydrogens is 529 g/mol. The summed E-state index contributed by atoms with van der Waals surface area (Å²) in [6, 6.07) is 17.8. The zero-order chi connectivity index (χ0) is 29.5. The Kier molecular flexibility index (Phi) is 9.41. The second-order valence-corrected chi connectivity index (χ2v) is 10.1. The maximum Gasteiger partial charge on any atom is 0.323 e. The van der Waals surface area contributed by atoms with Crippen LogP contribution < -0.4 is 20.7 Å². The van der Waals surface area contributed by atoms with E-state index < -0.39 is 30.0 Å². The summed E-state index contributed by atoms with van der Waals surface area (Å²) in [5, 5.41) is 18.1. The van der Waals surface area contributed by atoms with Crippen molar-refractivity contribution in [3.05, 3.63) is 84.2 Å². The predicted octanol–water partition coefficient (Wildman–Crippen LogP) is 4.85. The molecule has 0 aliphatic carbocycles. The Labute approximate surface area is 238 Å². The first kappa shape index (κ1) is 29.3. The van der Waals surface area contributed by atoms with E-state index in [-0.39, 0.29) is 37.1 Å². The lowest BCUT2D eigenvalue weighted by Gasteiger charge is -2.38. The second-order valence-electron chi connectivity index (χ2n) is 10.1. The van der Waals surface area contributed by atoms with Gasteiger partial charge in [0.1, 0.15) is 17.7 Å². The number of aliphatic hydroxyl groups excluding tert-OH is 1. The molecule has 4 N–H and O–H groups in total. The molecule has 0 radical (unpaired) electrons. The van der Waals surface area contributed by atoms with E-state index in [2.05, 4.69) is 16.0 Å². The monoisotopic (exact) mass is 563 g/mol. The molecule has 1 heterocycles. The Bertz CT molecular complexity index is 1370. The molecule has 3 atom stereocenters. The molecule has 0 saturated carbocycles. The molecule has 3 aromatic carbocycles. The van der Waals surface area contributed by atoms with Crippen LogP contribution in [0.1, 0.15) is 24.2 Å². The highest BCUT2D eigenvalue weighted by Crippen LogP contribution is 2.31. The topological polar surface area (TPSA) is 123 Å². The van der Waals surface area contributed by atoms with Gasteiger partial charge in [0.25, 0.3) is 5.91 Å². The second kappa shape index (κ2) is 13.1. The van der Waals surface area contributed by atoms with Gasteiger partial charge in [-0.1, -0.05) is 25.1 Å². The van der Waals surface area contributed by atoms with Crippen LogP contribution in [0.15, 0.2) is 72.8 Å². The van der Waals surface area contributed by atoms with Crippen LogP contribution in [0.2, 0.25) is 0 Å². The van der Waals surface area contributed by atoms with E-state index in [0.29, 0.717) is 22.8 Å². The molecule has 5 amide bonds. The van der Waals surface area contributed by atoms with E-state index in [1.807, 2.05) is 13.0 Å². The number of likely N-dealkylation sites (N-methyl/N-ethyl adjacent to an activating group) is 1. The summed E-state index contributed by atoms with van der Waals surface area (Å²) in [5.41, 5.74) is 1.66. The number of benzene rings is 3. The van der Waals surface area contributed by atoms with Crippen molar-refractivity contribution < 1.29 is 28.6 Å². The first-order chi connectivity index (χ1) is 19.6. The van der Waals surface area contributed by atoms with Gasteiger partial charge in [-0.15, -0.1) is 0 Å². The van der Waals surface area contributed by atoms with Crippen LogP contribution in [-0.2, 0) is 0 Å². The molecule has 3 aromatic rings. The maximum atomic E-state index is 13.6. The minimum absolute atomic E-state index is 0.183. The number of urea groups is 2. The third-order valence-electron chi connectivity index (χ3n) is 6.85. The van der Waals surface area contributed by atoms with Crippen LogP contribution in [0.5, 0.6) is 5.75 Å². The molecule has 0 saturated heterocycles. The Balaban J connectivity index is 1.54. The van der Waals surface area contributed by atoms with Crippen LogP contribution in [-0.4, -0.2) is 71.8 Å². The van der Waals surface area contributed by atoms with Gasteiger partial charge in [-0.3, -0.25) is 4.79 Å². The number of rotatable bonds is 7. The van der Waals surface area contributed by atoms with Crippen LogP contribution in [0.25, 0.3) is 0 Å².